The van der Waals surface area contributed by atoms with Crippen molar-refractivity contribution in [3.8, 4) is 0 Å². The number of benzene rings is 2. The maximum atomic E-state index is 13.1. The summed E-state index contributed by atoms with van der Waals surface area (Å²) in [5.74, 6) is -0.00456. The second-order valence-corrected chi connectivity index (χ2v) is 15.2. The fraction of sp³-hybridized carbons (Fsp3) is 0.333. The lowest BCUT2D eigenvalue weighted by molar-refractivity contribution is 0.0926. The Morgan fingerprint density at radius 3 is 2.44 bits per heavy atom. The number of aliphatic imine (C=N–C) groups is 1. The highest BCUT2D eigenvalue weighted by molar-refractivity contribution is 6.98. The standard InChI is InChI=1S/C30H36N4OSi/c1-18-15-19(30(35)34-22-9-6-20(31)7-10-22)5-12-24(18)29-25-13-8-21(32)16-27(25)36(3,4)28-17-23(33-2)11-14-26(28)29/h5,8,11-17,20,22H,6-7,9-10,31-32H2,1-4H3,(H,34,35). The molecule has 1 aliphatic heterocycles. The molecule has 0 atom stereocenters. The molecule has 1 saturated carbocycles. The highest BCUT2D eigenvalue weighted by Gasteiger charge is 2.39. The molecule has 5 rings (SSSR count). The van der Waals surface area contributed by atoms with E-state index in [1.54, 1.807) is 0 Å². The fourth-order valence-corrected chi connectivity index (χ4v) is 8.99. The van der Waals surface area contributed by atoms with Crippen molar-refractivity contribution in [1.82, 2.24) is 5.32 Å². The van der Waals surface area contributed by atoms with Crippen molar-refractivity contribution < 1.29 is 4.79 Å². The molecule has 1 fully saturated rings. The normalized spacial score (nSPS) is 23.7. The van der Waals surface area contributed by atoms with Crippen LogP contribution in [0.5, 0.6) is 0 Å². The predicted molar refractivity (Wildman–Crippen MR) is 153 cm³/mol. The number of carbonyl (C=O) groups is 1. The second kappa shape index (κ2) is 9.34. The third-order valence-electron chi connectivity index (χ3n) is 8.06. The fourth-order valence-electron chi connectivity index (χ4n) is 5.90. The van der Waals surface area contributed by atoms with E-state index in [1.165, 1.54) is 27.1 Å². The van der Waals surface area contributed by atoms with Crippen LogP contribution in [0.1, 0.15) is 52.7 Å². The van der Waals surface area contributed by atoms with E-state index in [-0.39, 0.29) is 18.0 Å². The molecule has 186 valence electrons. The van der Waals surface area contributed by atoms with E-state index < -0.39 is 8.07 Å². The zero-order valence-electron chi connectivity index (χ0n) is 21.7. The summed E-state index contributed by atoms with van der Waals surface area (Å²) in [6.07, 6.45) is 10.4. The highest BCUT2D eigenvalue weighted by Crippen LogP contribution is 2.42. The number of anilines is 1. The third-order valence-corrected chi connectivity index (χ3v) is 11.6. The van der Waals surface area contributed by atoms with Crippen LogP contribution in [0.25, 0.3) is 5.57 Å². The van der Waals surface area contributed by atoms with Crippen LogP contribution < -0.4 is 22.0 Å². The van der Waals surface area contributed by atoms with E-state index in [4.69, 9.17) is 11.5 Å². The van der Waals surface area contributed by atoms with E-state index in [2.05, 4.69) is 66.8 Å². The zero-order valence-corrected chi connectivity index (χ0v) is 22.7. The summed E-state index contributed by atoms with van der Waals surface area (Å²) in [6.45, 7) is 6.87. The minimum atomic E-state index is -2.00. The minimum absolute atomic E-state index is 0.00456. The van der Waals surface area contributed by atoms with Crippen LogP contribution in [0.3, 0.4) is 0 Å². The van der Waals surface area contributed by atoms with Crippen LogP contribution in [0.15, 0.2) is 70.4 Å². The van der Waals surface area contributed by atoms with E-state index in [9.17, 15) is 4.79 Å². The number of fused-ring (bicyclic) bond motifs is 2. The molecule has 3 aliphatic rings. The molecule has 0 unspecified atom stereocenters. The first-order valence-corrected chi connectivity index (χ1v) is 15.9. The number of nitrogens with zero attached hydrogens (tertiary/aromatic N) is 1. The van der Waals surface area contributed by atoms with E-state index in [1.807, 2.05) is 25.2 Å². The van der Waals surface area contributed by atoms with Gasteiger partial charge < -0.3 is 16.8 Å². The number of nitrogen functional groups attached to an aromatic ring is 1. The van der Waals surface area contributed by atoms with Crippen LogP contribution >= 0.6 is 0 Å². The van der Waals surface area contributed by atoms with E-state index in [0.717, 1.165) is 48.2 Å². The molecule has 0 spiro atoms. The maximum absolute atomic E-state index is 13.1. The van der Waals surface area contributed by atoms with E-state index in [0.29, 0.717) is 5.56 Å². The largest absolute Gasteiger partial charge is 0.399 e. The average Bonchev–Trinajstić information content (AvgIpc) is 2.86. The average molecular weight is 497 g/mol. The van der Waals surface area contributed by atoms with Crippen LogP contribution in [0, 0.1) is 6.92 Å². The third kappa shape index (κ3) is 4.29. The van der Waals surface area contributed by atoms with Gasteiger partial charge in [0.05, 0.1) is 5.71 Å². The van der Waals surface area contributed by atoms with Gasteiger partial charge in [-0.15, -0.1) is 0 Å². The number of aryl methyl sites for hydroxylation is 1. The first-order chi connectivity index (χ1) is 17.2. The van der Waals surface area contributed by atoms with Gasteiger partial charge in [0.15, 0.2) is 0 Å². The lowest BCUT2D eigenvalue weighted by atomic mass is 9.87. The van der Waals surface area contributed by atoms with Gasteiger partial charge in [0, 0.05) is 30.4 Å². The van der Waals surface area contributed by atoms with Gasteiger partial charge in [-0.25, -0.2) is 0 Å². The van der Waals surface area contributed by atoms with Crippen molar-refractivity contribution in [3.63, 3.8) is 0 Å². The molecule has 2 aromatic rings. The molecule has 2 aliphatic carbocycles. The number of hydrogen-bond donors (Lipinski definition) is 3. The topological polar surface area (TPSA) is 93.5 Å². The number of allylic oxidation sites excluding steroid dienone is 5. The van der Waals surface area contributed by atoms with Crippen molar-refractivity contribution in [2.24, 2.45) is 10.7 Å². The molecule has 5 nitrogen and oxygen atoms in total. The van der Waals surface area contributed by atoms with Crippen LogP contribution in [-0.4, -0.2) is 38.8 Å². The highest BCUT2D eigenvalue weighted by atomic mass is 28.3. The molecular weight excluding hydrogens is 460 g/mol. The summed E-state index contributed by atoms with van der Waals surface area (Å²) < 4.78 is 0. The van der Waals surface area contributed by atoms with Crippen LogP contribution in [-0.2, 0) is 0 Å². The SMILES string of the molecule is CN=C1C=CC2=C(c3ccc(C(=O)NC4CCC(N)CC4)cc3C)c3ccc(N)cc3[Si](C)(C)C2=C1. The Bertz CT molecular complexity index is 1360. The van der Waals surface area contributed by atoms with Gasteiger partial charge in [-0.05, 0) is 107 Å². The first kappa shape index (κ1) is 24.5. The molecule has 5 N–H and O–H groups in total. The quantitative estimate of drug-likeness (QED) is 0.434. The second-order valence-electron chi connectivity index (χ2n) is 10.9. The molecule has 2 aromatic carbocycles. The molecule has 0 aromatic heterocycles. The number of carbonyl (C=O) groups excluding carboxylic acids is 1. The predicted octanol–water partition coefficient (Wildman–Crippen LogP) is 4.41. The Balaban J connectivity index is 1.57. The Hall–Kier alpha value is -3.22. The van der Waals surface area contributed by atoms with Crippen molar-refractivity contribution in [2.45, 2.75) is 57.8 Å². The molecule has 0 bridgehead atoms. The van der Waals surface area contributed by atoms with Gasteiger partial charge in [-0.1, -0.05) is 31.3 Å². The first-order valence-electron chi connectivity index (χ1n) is 12.9. The van der Waals surface area contributed by atoms with E-state index >= 15 is 0 Å². The number of rotatable bonds is 3. The smallest absolute Gasteiger partial charge is 0.251 e. The minimum Gasteiger partial charge on any atom is -0.399 e. The van der Waals surface area contributed by atoms with Crippen LogP contribution in [0.2, 0.25) is 13.1 Å². The zero-order chi connectivity index (χ0) is 25.6. The van der Waals surface area contributed by atoms with Crippen molar-refractivity contribution in [1.29, 1.82) is 0 Å². The van der Waals surface area contributed by atoms with Gasteiger partial charge in [0.1, 0.15) is 8.07 Å². The Morgan fingerprint density at radius 2 is 1.75 bits per heavy atom. The van der Waals surface area contributed by atoms with Gasteiger partial charge in [-0.2, -0.15) is 0 Å². The lowest BCUT2D eigenvalue weighted by Crippen LogP contribution is -2.49. The summed E-state index contributed by atoms with van der Waals surface area (Å²) >= 11 is 0. The summed E-state index contributed by atoms with van der Waals surface area (Å²) in [7, 11) is -0.157. The van der Waals surface area contributed by atoms with Gasteiger partial charge in [-0.3, -0.25) is 9.79 Å². The molecule has 36 heavy (non-hydrogen) atoms. The summed E-state index contributed by atoms with van der Waals surface area (Å²) in [4.78, 5) is 17.5. The van der Waals surface area contributed by atoms with Gasteiger partial charge in [0.2, 0.25) is 0 Å². The van der Waals surface area contributed by atoms with Crippen molar-refractivity contribution in [3.05, 3.63) is 87.6 Å². The number of hydrogen-bond acceptors (Lipinski definition) is 4. The van der Waals surface area contributed by atoms with Gasteiger partial charge >= 0.3 is 0 Å². The van der Waals surface area contributed by atoms with Crippen molar-refractivity contribution in [2.75, 3.05) is 12.8 Å². The maximum Gasteiger partial charge on any atom is 0.251 e. The summed E-state index contributed by atoms with van der Waals surface area (Å²) in [5.41, 5.74) is 20.7. The summed E-state index contributed by atoms with van der Waals surface area (Å²) in [5, 5.41) is 5.94. The van der Waals surface area contributed by atoms with Gasteiger partial charge in [0.25, 0.3) is 5.91 Å². The molecule has 6 heteroatoms. The number of amides is 1. The lowest BCUT2D eigenvalue weighted by Gasteiger charge is -2.38. The summed E-state index contributed by atoms with van der Waals surface area (Å²) in [6, 6.07) is 12.9. The van der Waals surface area contributed by atoms with Crippen LogP contribution in [0.4, 0.5) is 5.69 Å². The Morgan fingerprint density at radius 1 is 1.03 bits per heavy atom. The molecule has 0 saturated heterocycles. The molecule has 1 heterocycles. The molecule has 1 amide bonds. The number of nitrogens with two attached hydrogens (primary N) is 2. The monoisotopic (exact) mass is 496 g/mol. The molecular formula is C30H36N4OSi. The Labute approximate surface area is 215 Å². The molecule has 0 radical (unpaired) electrons. The Kier molecular flexibility index (Phi) is 6.35. The number of nitrogens with one attached hydrogen (secondary N) is 1. The van der Waals surface area contributed by atoms with Crippen molar-refractivity contribution >= 4 is 36.1 Å².